The Hall–Kier alpha value is -4.36. The summed E-state index contributed by atoms with van der Waals surface area (Å²) in [5.74, 6) is 1.44. The topological polar surface area (TPSA) is 106 Å². The van der Waals surface area contributed by atoms with Gasteiger partial charge >= 0.3 is 0 Å². The molecule has 0 fully saturated rings. The first kappa shape index (κ1) is 27.7. The number of thiazole rings is 1. The summed E-state index contributed by atoms with van der Waals surface area (Å²) < 4.78 is 18.6. The van der Waals surface area contributed by atoms with Crippen LogP contribution in [0.2, 0.25) is 0 Å². The molecule has 2 aromatic carbocycles. The van der Waals surface area contributed by atoms with Crippen molar-refractivity contribution < 1.29 is 19.0 Å². The van der Waals surface area contributed by atoms with Crippen LogP contribution >= 0.6 is 11.3 Å². The maximum atomic E-state index is 14.0. The van der Waals surface area contributed by atoms with Crippen LogP contribution in [0.5, 0.6) is 17.2 Å². The van der Waals surface area contributed by atoms with Crippen molar-refractivity contribution in [2.24, 2.45) is 4.99 Å². The lowest BCUT2D eigenvalue weighted by molar-refractivity contribution is -0.127. The lowest BCUT2D eigenvalue weighted by atomic mass is 9.93. The third-order valence-corrected chi connectivity index (χ3v) is 7.48. The van der Waals surface area contributed by atoms with E-state index < -0.39 is 6.04 Å². The molecule has 0 radical (unpaired) electrons. The van der Waals surface area contributed by atoms with Gasteiger partial charge in [0.1, 0.15) is 29.4 Å². The number of hydrogen-bond donors (Lipinski definition) is 0. The monoisotopic (exact) mass is 546 g/mol. The van der Waals surface area contributed by atoms with E-state index >= 15 is 0 Å². The van der Waals surface area contributed by atoms with Crippen LogP contribution in [0, 0.1) is 11.3 Å². The van der Waals surface area contributed by atoms with E-state index in [4.69, 9.17) is 24.5 Å². The van der Waals surface area contributed by atoms with Gasteiger partial charge in [0.15, 0.2) is 11.4 Å². The molecule has 39 heavy (non-hydrogen) atoms. The number of rotatable bonds is 9. The predicted molar refractivity (Wildman–Crippen MR) is 149 cm³/mol. The number of benzene rings is 2. The number of methoxy groups -OCH3 is 2. The summed E-state index contributed by atoms with van der Waals surface area (Å²) in [7, 11) is 3.12. The maximum absolute atomic E-state index is 14.0. The van der Waals surface area contributed by atoms with Crippen molar-refractivity contribution in [1.82, 2.24) is 9.47 Å². The number of fused-ring (bicyclic) bond motifs is 1. The molecule has 9 nitrogen and oxygen atoms in total. The summed E-state index contributed by atoms with van der Waals surface area (Å²) in [6.07, 6.45) is 1.76. The maximum Gasteiger partial charge on any atom is 0.271 e. The first-order chi connectivity index (χ1) is 18.9. The highest BCUT2D eigenvalue weighted by molar-refractivity contribution is 7.07. The van der Waals surface area contributed by atoms with Crippen molar-refractivity contribution in [3.8, 4) is 23.3 Å². The van der Waals surface area contributed by atoms with Gasteiger partial charge in [-0.25, -0.2) is 4.99 Å². The fourth-order valence-electron chi connectivity index (χ4n) is 4.58. The molecule has 0 unspecified atom stereocenters. The van der Waals surface area contributed by atoms with Crippen LogP contribution in [0.4, 0.5) is 0 Å². The molecule has 1 aliphatic heterocycles. The molecule has 0 saturated carbocycles. The van der Waals surface area contributed by atoms with Crippen LogP contribution in [0.3, 0.4) is 0 Å². The Morgan fingerprint density at radius 3 is 2.59 bits per heavy atom. The second-order valence-electron chi connectivity index (χ2n) is 8.69. The van der Waals surface area contributed by atoms with Gasteiger partial charge in [-0.1, -0.05) is 23.5 Å². The van der Waals surface area contributed by atoms with Crippen molar-refractivity contribution >= 4 is 23.3 Å². The molecule has 4 rings (SSSR count). The number of ether oxygens (including phenoxy) is 3. The number of likely N-dealkylation sites (N-methyl/N-ethyl adjacent to an activating group) is 1. The molecule has 202 valence electrons. The molecule has 10 heteroatoms. The zero-order valence-corrected chi connectivity index (χ0v) is 23.4. The van der Waals surface area contributed by atoms with Gasteiger partial charge in [0.2, 0.25) is 0 Å². The van der Waals surface area contributed by atoms with Gasteiger partial charge in [0, 0.05) is 18.7 Å². The van der Waals surface area contributed by atoms with Gasteiger partial charge in [-0.15, -0.1) is 0 Å². The third kappa shape index (κ3) is 5.45. The van der Waals surface area contributed by atoms with Gasteiger partial charge in [-0.2, -0.15) is 5.26 Å². The minimum Gasteiger partial charge on any atom is -0.497 e. The number of hydrogen-bond acceptors (Lipinski definition) is 8. The smallest absolute Gasteiger partial charge is 0.271 e. The minimum absolute atomic E-state index is 0.0728. The lowest BCUT2D eigenvalue weighted by Gasteiger charge is -2.30. The van der Waals surface area contributed by atoms with Gasteiger partial charge in [-0.05, 0) is 62.7 Å². The van der Waals surface area contributed by atoms with E-state index in [-0.39, 0.29) is 18.1 Å². The van der Waals surface area contributed by atoms with E-state index in [2.05, 4.69) is 0 Å². The van der Waals surface area contributed by atoms with Crippen molar-refractivity contribution in [3.05, 3.63) is 84.5 Å². The molecule has 0 N–H and O–H groups in total. The Labute approximate surface area is 230 Å². The molecule has 0 saturated heterocycles. The minimum atomic E-state index is -0.771. The predicted octanol–water partition coefficient (Wildman–Crippen LogP) is 3.02. The molecule has 1 amide bonds. The molecule has 2 heterocycles. The average molecular weight is 547 g/mol. The van der Waals surface area contributed by atoms with E-state index in [0.717, 1.165) is 5.56 Å². The van der Waals surface area contributed by atoms with Gasteiger partial charge in [0.05, 0.1) is 30.0 Å². The van der Waals surface area contributed by atoms with Gasteiger partial charge in [-0.3, -0.25) is 14.2 Å². The Morgan fingerprint density at radius 1 is 1.15 bits per heavy atom. The van der Waals surface area contributed by atoms with Crippen LogP contribution in [-0.2, 0) is 4.79 Å². The van der Waals surface area contributed by atoms with E-state index in [1.807, 2.05) is 26.0 Å². The van der Waals surface area contributed by atoms with Crippen molar-refractivity contribution in [2.75, 3.05) is 33.9 Å². The molecular formula is C29H30N4O5S. The zero-order valence-electron chi connectivity index (χ0n) is 22.6. The summed E-state index contributed by atoms with van der Waals surface area (Å²) in [5.41, 5.74) is 2.04. The molecule has 3 aromatic rings. The summed E-state index contributed by atoms with van der Waals surface area (Å²) in [5, 5.41) is 8.82. The number of carbonyl (C=O) groups excluding carboxylic acids is 1. The van der Waals surface area contributed by atoms with Crippen molar-refractivity contribution in [1.29, 1.82) is 5.26 Å². The van der Waals surface area contributed by atoms with Crippen molar-refractivity contribution in [2.45, 2.75) is 26.8 Å². The fraction of sp³-hybridized carbons (Fsp3) is 0.310. The molecule has 0 bridgehead atoms. The first-order valence-electron chi connectivity index (χ1n) is 12.5. The lowest BCUT2D eigenvalue weighted by Crippen LogP contribution is -2.43. The Bertz CT molecular complexity index is 1640. The highest BCUT2D eigenvalue weighted by Crippen LogP contribution is 2.38. The van der Waals surface area contributed by atoms with Crippen LogP contribution < -0.4 is 29.1 Å². The standard InChI is InChI=1S/C29H30N4O5S/c1-6-32(7-2)28(35)25-18(3)31-29-33(26(25)22-17-20(36-4)11-12-23(22)37-5)27(34)24(39-29)16-19-9-8-10-21(15-19)38-14-13-30/h8-12,15-17,26H,6-7,14H2,1-5H3/b24-16+/t26-/m1/s1. The van der Waals surface area contributed by atoms with E-state index in [9.17, 15) is 9.59 Å². The largest absolute Gasteiger partial charge is 0.497 e. The highest BCUT2D eigenvalue weighted by Gasteiger charge is 2.36. The third-order valence-electron chi connectivity index (χ3n) is 6.49. The van der Waals surface area contributed by atoms with Gasteiger partial charge < -0.3 is 19.1 Å². The first-order valence-corrected chi connectivity index (χ1v) is 13.3. The molecule has 1 aromatic heterocycles. The number of carbonyl (C=O) groups is 1. The second kappa shape index (κ2) is 12.0. The highest BCUT2D eigenvalue weighted by atomic mass is 32.1. The summed E-state index contributed by atoms with van der Waals surface area (Å²) >= 11 is 1.24. The zero-order chi connectivity index (χ0) is 28.1. The Kier molecular flexibility index (Phi) is 8.52. The van der Waals surface area contributed by atoms with Gasteiger partial charge in [0.25, 0.3) is 11.5 Å². The van der Waals surface area contributed by atoms with E-state index in [1.54, 1.807) is 73.1 Å². The summed E-state index contributed by atoms with van der Waals surface area (Å²) in [6.45, 7) is 6.59. The molecule has 0 spiro atoms. The normalized spacial score (nSPS) is 14.8. The Morgan fingerprint density at radius 2 is 1.92 bits per heavy atom. The van der Waals surface area contributed by atoms with Crippen LogP contribution in [0.25, 0.3) is 6.08 Å². The second-order valence-corrected chi connectivity index (χ2v) is 9.70. The summed E-state index contributed by atoms with van der Waals surface area (Å²) in [4.78, 5) is 34.7. The van der Waals surface area contributed by atoms with E-state index in [1.165, 1.54) is 11.3 Å². The van der Waals surface area contributed by atoms with Crippen molar-refractivity contribution in [3.63, 3.8) is 0 Å². The molecular weight excluding hydrogens is 516 g/mol. The van der Waals surface area contributed by atoms with E-state index in [0.29, 0.717) is 56.5 Å². The molecule has 1 aliphatic rings. The molecule has 1 atom stereocenters. The SMILES string of the molecule is CCN(CC)C(=O)C1=C(C)N=c2s/c(=C/c3cccc(OCC#N)c3)c(=O)n2[C@@H]1c1cc(OC)ccc1OC. The summed E-state index contributed by atoms with van der Waals surface area (Å²) in [6, 6.07) is 13.7. The number of nitriles is 1. The Balaban J connectivity index is 1.97. The number of aromatic nitrogens is 1. The average Bonchev–Trinajstić information content (AvgIpc) is 3.25. The van der Waals surface area contributed by atoms with Crippen LogP contribution in [0.1, 0.15) is 37.9 Å². The fourth-order valence-corrected chi connectivity index (χ4v) is 5.63. The number of nitrogens with zero attached hydrogens (tertiary/aromatic N) is 4. The van der Waals surface area contributed by atoms with Crippen LogP contribution in [-0.4, -0.2) is 49.3 Å². The number of amides is 1. The number of allylic oxidation sites excluding steroid dienone is 1. The van der Waals surface area contributed by atoms with Crippen LogP contribution in [0.15, 0.2) is 63.5 Å². The molecule has 0 aliphatic carbocycles. The quantitative estimate of drug-likeness (QED) is 0.409.